The Bertz CT molecular complexity index is 399. The van der Waals surface area contributed by atoms with Gasteiger partial charge in [0, 0.05) is 16.1 Å². The molecule has 86 valence electrons. The largest absolute Gasteiger partial charge is 0.493 e. The highest BCUT2D eigenvalue weighted by atomic mass is 79.9. The van der Waals surface area contributed by atoms with Crippen molar-refractivity contribution in [2.75, 3.05) is 6.61 Å². The molecule has 0 fully saturated rings. The smallest absolute Gasteiger partial charge is 0.328 e. The summed E-state index contributed by atoms with van der Waals surface area (Å²) >= 11 is 3.33. The van der Waals surface area contributed by atoms with Gasteiger partial charge in [0.15, 0.2) is 0 Å². The van der Waals surface area contributed by atoms with Crippen LogP contribution in [-0.2, 0) is 4.79 Å². The fraction of sp³-hybridized carbons (Fsp3) is 0.250. The van der Waals surface area contributed by atoms with Crippen LogP contribution < -0.4 is 4.74 Å². The molecule has 1 aromatic carbocycles. The molecular weight excluding hydrogens is 272 g/mol. The molecule has 0 spiro atoms. The van der Waals surface area contributed by atoms with Gasteiger partial charge in [0.05, 0.1) is 6.61 Å². The number of halogens is 1. The molecule has 1 aromatic rings. The zero-order valence-corrected chi connectivity index (χ0v) is 10.5. The Morgan fingerprint density at radius 2 is 2.31 bits per heavy atom. The summed E-state index contributed by atoms with van der Waals surface area (Å²) in [7, 11) is 0. The van der Waals surface area contributed by atoms with Crippen molar-refractivity contribution in [1.29, 1.82) is 0 Å². The fourth-order valence-corrected chi connectivity index (χ4v) is 1.53. The number of benzene rings is 1. The van der Waals surface area contributed by atoms with E-state index in [9.17, 15) is 4.79 Å². The highest BCUT2D eigenvalue weighted by Gasteiger charge is 2.02. The fourth-order valence-electron chi connectivity index (χ4n) is 1.15. The molecule has 4 heteroatoms. The van der Waals surface area contributed by atoms with Crippen molar-refractivity contribution >= 4 is 28.0 Å². The molecule has 0 radical (unpaired) electrons. The first-order valence-electron chi connectivity index (χ1n) is 4.97. The summed E-state index contributed by atoms with van der Waals surface area (Å²) in [6, 6.07) is 5.51. The molecule has 0 aromatic heterocycles. The molecule has 16 heavy (non-hydrogen) atoms. The van der Waals surface area contributed by atoms with Gasteiger partial charge >= 0.3 is 5.97 Å². The maximum absolute atomic E-state index is 10.4. The lowest BCUT2D eigenvalue weighted by molar-refractivity contribution is -0.131. The predicted molar refractivity (Wildman–Crippen MR) is 66.6 cm³/mol. The van der Waals surface area contributed by atoms with Crippen molar-refractivity contribution in [3.05, 3.63) is 34.3 Å². The van der Waals surface area contributed by atoms with Gasteiger partial charge in [0.1, 0.15) is 5.75 Å². The standard InChI is InChI=1S/C12H13BrO3/c1-2-7-16-11-5-4-10(13)8-9(11)3-6-12(14)15/h3-6,8H,2,7H2,1H3,(H,14,15). The van der Waals surface area contributed by atoms with E-state index in [1.54, 1.807) is 0 Å². The van der Waals surface area contributed by atoms with E-state index in [0.29, 0.717) is 12.4 Å². The summed E-state index contributed by atoms with van der Waals surface area (Å²) in [5.41, 5.74) is 0.755. The van der Waals surface area contributed by atoms with Crippen molar-refractivity contribution in [3.8, 4) is 5.75 Å². The lowest BCUT2D eigenvalue weighted by Crippen LogP contribution is -1.97. The Labute approximate surface area is 103 Å². The molecule has 3 nitrogen and oxygen atoms in total. The average molecular weight is 285 g/mol. The lowest BCUT2D eigenvalue weighted by atomic mass is 10.2. The molecule has 0 amide bonds. The molecule has 0 aliphatic carbocycles. The average Bonchev–Trinajstić information content (AvgIpc) is 2.25. The molecule has 0 saturated carbocycles. The maximum atomic E-state index is 10.4. The number of rotatable bonds is 5. The molecule has 0 aliphatic heterocycles. The minimum Gasteiger partial charge on any atom is -0.493 e. The lowest BCUT2D eigenvalue weighted by Gasteiger charge is -2.08. The highest BCUT2D eigenvalue weighted by Crippen LogP contribution is 2.24. The van der Waals surface area contributed by atoms with Crippen LogP contribution in [0.25, 0.3) is 6.08 Å². The first-order chi connectivity index (χ1) is 7.63. The summed E-state index contributed by atoms with van der Waals surface area (Å²) in [4.78, 5) is 10.4. The molecule has 1 rings (SSSR count). The van der Waals surface area contributed by atoms with Gasteiger partial charge in [-0.3, -0.25) is 0 Å². The third-order valence-electron chi connectivity index (χ3n) is 1.84. The Kier molecular flexibility index (Phi) is 5.05. The van der Waals surface area contributed by atoms with Crippen molar-refractivity contribution in [2.24, 2.45) is 0 Å². The number of hydrogen-bond acceptors (Lipinski definition) is 2. The van der Waals surface area contributed by atoms with Crippen LogP contribution in [0.1, 0.15) is 18.9 Å². The zero-order chi connectivity index (χ0) is 12.0. The highest BCUT2D eigenvalue weighted by molar-refractivity contribution is 9.10. The van der Waals surface area contributed by atoms with E-state index in [0.717, 1.165) is 22.5 Å². The SMILES string of the molecule is CCCOc1ccc(Br)cc1C=CC(=O)O. The van der Waals surface area contributed by atoms with Gasteiger partial charge in [0.2, 0.25) is 0 Å². The van der Waals surface area contributed by atoms with Crippen molar-refractivity contribution in [3.63, 3.8) is 0 Å². The van der Waals surface area contributed by atoms with E-state index in [-0.39, 0.29) is 0 Å². The van der Waals surface area contributed by atoms with Crippen LogP contribution in [0.2, 0.25) is 0 Å². The second-order valence-corrected chi connectivity index (χ2v) is 4.12. The number of carbonyl (C=O) groups is 1. The van der Waals surface area contributed by atoms with Gasteiger partial charge in [-0.1, -0.05) is 22.9 Å². The predicted octanol–water partition coefficient (Wildman–Crippen LogP) is 3.34. The molecular formula is C12H13BrO3. The minimum absolute atomic E-state index is 0.621. The summed E-state index contributed by atoms with van der Waals surface area (Å²) in [5.74, 6) is -0.274. The van der Waals surface area contributed by atoms with Crippen LogP contribution >= 0.6 is 15.9 Å². The van der Waals surface area contributed by atoms with E-state index >= 15 is 0 Å². The summed E-state index contributed by atoms with van der Waals surface area (Å²) < 4.78 is 6.40. The molecule has 0 saturated heterocycles. The van der Waals surface area contributed by atoms with Gasteiger partial charge in [-0.05, 0) is 30.7 Å². The van der Waals surface area contributed by atoms with Gasteiger partial charge in [-0.2, -0.15) is 0 Å². The van der Waals surface area contributed by atoms with Gasteiger partial charge in [-0.25, -0.2) is 4.79 Å². The number of ether oxygens (including phenoxy) is 1. The number of aliphatic carboxylic acids is 1. The van der Waals surface area contributed by atoms with Crippen LogP contribution in [0.5, 0.6) is 5.75 Å². The second kappa shape index (κ2) is 6.33. The first-order valence-corrected chi connectivity index (χ1v) is 5.76. The zero-order valence-electron chi connectivity index (χ0n) is 8.94. The van der Waals surface area contributed by atoms with Crippen LogP contribution in [0, 0.1) is 0 Å². The van der Waals surface area contributed by atoms with Crippen molar-refractivity contribution in [2.45, 2.75) is 13.3 Å². The maximum Gasteiger partial charge on any atom is 0.328 e. The van der Waals surface area contributed by atoms with E-state index in [1.807, 2.05) is 25.1 Å². The van der Waals surface area contributed by atoms with E-state index in [2.05, 4.69) is 15.9 Å². The Balaban J connectivity index is 2.93. The van der Waals surface area contributed by atoms with Crippen molar-refractivity contribution < 1.29 is 14.6 Å². The Morgan fingerprint density at radius 1 is 1.56 bits per heavy atom. The van der Waals surface area contributed by atoms with Crippen LogP contribution in [0.3, 0.4) is 0 Å². The Morgan fingerprint density at radius 3 is 2.94 bits per heavy atom. The topological polar surface area (TPSA) is 46.5 Å². The Hall–Kier alpha value is -1.29. The number of hydrogen-bond donors (Lipinski definition) is 1. The normalized spacial score (nSPS) is 10.6. The van der Waals surface area contributed by atoms with Crippen LogP contribution in [-0.4, -0.2) is 17.7 Å². The number of carboxylic acids is 1. The quantitative estimate of drug-likeness (QED) is 0.844. The third kappa shape index (κ3) is 4.06. The third-order valence-corrected chi connectivity index (χ3v) is 2.33. The van der Waals surface area contributed by atoms with Gasteiger partial charge < -0.3 is 9.84 Å². The number of carboxylic acid groups (broad SMARTS) is 1. The first kappa shape index (κ1) is 12.8. The monoisotopic (exact) mass is 284 g/mol. The van der Waals surface area contributed by atoms with E-state index < -0.39 is 5.97 Å². The summed E-state index contributed by atoms with van der Waals surface area (Å²) in [6.07, 6.45) is 3.54. The second-order valence-electron chi connectivity index (χ2n) is 3.20. The molecule has 0 bridgehead atoms. The minimum atomic E-state index is -0.971. The molecule has 1 N–H and O–H groups in total. The van der Waals surface area contributed by atoms with Crippen molar-refractivity contribution in [1.82, 2.24) is 0 Å². The molecule has 0 unspecified atom stereocenters. The molecule has 0 aliphatic rings. The molecule has 0 heterocycles. The van der Waals surface area contributed by atoms with Gasteiger partial charge in [0.25, 0.3) is 0 Å². The van der Waals surface area contributed by atoms with E-state index in [4.69, 9.17) is 9.84 Å². The van der Waals surface area contributed by atoms with Crippen LogP contribution in [0.15, 0.2) is 28.7 Å². The summed E-state index contributed by atoms with van der Waals surface area (Å²) in [6.45, 7) is 2.64. The van der Waals surface area contributed by atoms with Gasteiger partial charge in [-0.15, -0.1) is 0 Å². The van der Waals surface area contributed by atoms with E-state index in [1.165, 1.54) is 6.08 Å². The van der Waals surface area contributed by atoms with Crippen LogP contribution in [0.4, 0.5) is 0 Å². The summed E-state index contributed by atoms with van der Waals surface area (Å²) in [5, 5.41) is 8.57. The molecule has 0 atom stereocenters.